The molecule has 10 nitrogen and oxygen atoms in total. The third-order valence-electron chi connectivity index (χ3n) is 3.72. The number of fused-ring (bicyclic) bond motifs is 1. The molecule has 0 aliphatic heterocycles. The molecule has 0 aliphatic rings. The summed E-state index contributed by atoms with van der Waals surface area (Å²) < 4.78 is 3.40. The Morgan fingerprint density at radius 3 is 2.23 bits per heavy atom. The van der Waals surface area contributed by atoms with Crippen molar-refractivity contribution in [2.24, 2.45) is 0 Å². The molecule has 3 aromatic heterocycles. The summed E-state index contributed by atoms with van der Waals surface area (Å²) in [5.74, 6) is 0.504. The molecule has 10 heteroatoms. The molecule has 0 aliphatic carbocycles. The van der Waals surface area contributed by atoms with Crippen molar-refractivity contribution < 1.29 is 0 Å². The normalized spacial score (nSPS) is 11.0. The molecule has 3 aromatic rings. The standard InChI is InChI=1S/C8H12N6.C8H12N2O2/c1-4(2)14-3-11-5-6(9)12-8(10)13-7(5)14;1-5(2)10-4-6(3)7(11)9-8(10)12/h3-4H,1-2H3,(H4,9,10,12,13);4-5H,1-3H3,(H,9,11,12). The van der Waals surface area contributed by atoms with Gasteiger partial charge < -0.3 is 16.0 Å². The molecule has 0 amide bonds. The number of nitrogens with two attached hydrogens (primary N) is 2. The van der Waals surface area contributed by atoms with Crippen LogP contribution in [0, 0.1) is 6.92 Å². The molecule has 26 heavy (non-hydrogen) atoms. The zero-order valence-electron chi connectivity index (χ0n) is 15.5. The first kappa shape index (κ1) is 19.2. The average Bonchev–Trinajstić information content (AvgIpc) is 2.95. The second-order valence-corrected chi connectivity index (χ2v) is 6.46. The molecule has 0 fully saturated rings. The van der Waals surface area contributed by atoms with Gasteiger partial charge in [0.25, 0.3) is 5.56 Å². The SMILES string of the molecule is CC(C)n1cnc2c(N)nc(N)nc21.Cc1cn(C(C)C)c(=O)[nH]c1=O. The maximum Gasteiger partial charge on any atom is 0.328 e. The first-order valence-corrected chi connectivity index (χ1v) is 8.19. The highest BCUT2D eigenvalue weighted by atomic mass is 16.2. The van der Waals surface area contributed by atoms with Gasteiger partial charge in [-0.05, 0) is 34.6 Å². The van der Waals surface area contributed by atoms with Crippen LogP contribution < -0.4 is 22.7 Å². The fourth-order valence-corrected chi connectivity index (χ4v) is 2.30. The van der Waals surface area contributed by atoms with Gasteiger partial charge in [0.05, 0.1) is 6.33 Å². The molecule has 0 spiro atoms. The number of aromatic nitrogens is 6. The molecule has 0 bridgehead atoms. The first-order chi connectivity index (χ1) is 12.1. The zero-order valence-corrected chi connectivity index (χ0v) is 15.5. The van der Waals surface area contributed by atoms with Crippen LogP contribution in [0.25, 0.3) is 11.2 Å². The van der Waals surface area contributed by atoms with Gasteiger partial charge in [0.2, 0.25) is 5.95 Å². The molecule has 5 N–H and O–H groups in total. The average molecular weight is 360 g/mol. The second-order valence-electron chi connectivity index (χ2n) is 6.46. The van der Waals surface area contributed by atoms with Gasteiger partial charge in [0, 0.05) is 23.8 Å². The van der Waals surface area contributed by atoms with Crippen molar-refractivity contribution in [1.82, 2.24) is 29.1 Å². The van der Waals surface area contributed by atoms with E-state index in [1.54, 1.807) is 19.4 Å². The Bertz CT molecular complexity index is 1030. The predicted octanol–water partition coefficient (Wildman–Crippen LogP) is 0.998. The van der Waals surface area contributed by atoms with E-state index in [0.29, 0.717) is 22.5 Å². The lowest BCUT2D eigenvalue weighted by Gasteiger charge is -2.08. The van der Waals surface area contributed by atoms with Crippen LogP contribution in [0.15, 0.2) is 22.1 Å². The van der Waals surface area contributed by atoms with Gasteiger partial charge >= 0.3 is 5.69 Å². The summed E-state index contributed by atoms with van der Waals surface area (Å²) in [6.45, 7) is 9.53. The molecule has 0 atom stereocenters. The maximum atomic E-state index is 11.1. The van der Waals surface area contributed by atoms with Gasteiger partial charge in [0.1, 0.15) is 5.52 Å². The molecule has 3 heterocycles. The van der Waals surface area contributed by atoms with Gasteiger partial charge in [-0.15, -0.1) is 0 Å². The summed E-state index contributed by atoms with van der Waals surface area (Å²) in [5, 5.41) is 0. The van der Waals surface area contributed by atoms with Crippen LogP contribution in [-0.4, -0.2) is 29.1 Å². The summed E-state index contributed by atoms with van der Waals surface area (Å²) in [7, 11) is 0. The molecule has 0 radical (unpaired) electrons. The van der Waals surface area contributed by atoms with E-state index in [0.717, 1.165) is 0 Å². The minimum absolute atomic E-state index is 0.0769. The van der Waals surface area contributed by atoms with E-state index in [1.807, 2.05) is 32.3 Å². The van der Waals surface area contributed by atoms with Crippen molar-refractivity contribution in [2.45, 2.75) is 46.7 Å². The molecule has 3 rings (SSSR count). The highest BCUT2D eigenvalue weighted by Crippen LogP contribution is 2.19. The number of H-pyrrole nitrogens is 1. The van der Waals surface area contributed by atoms with Crippen molar-refractivity contribution in [3.05, 3.63) is 38.9 Å². The van der Waals surface area contributed by atoms with Crippen molar-refractivity contribution >= 4 is 22.9 Å². The number of aromatic amines is 1. The summed E-state index contributed by atoms with van der Waals surface area (Å²) in [5.41, 5.74) is 12.4. The number of nitrogens with one attached hydrogen (secondary N) is 1. The van der Waals surface area contributed by atoms with Crippen molar-refractivity contribution in [3.63, 3.8) is 0 Å². The van der Waals surface area contributed by atoms with Gasteiger partial charge in [-0.25, -0.2) is 9.78 Å². The van der Waals surface area contributed by atoms with E-state index >= 15 is 0 Å². The molecular formula is C16H24N8O2. The minimum Gasteiger partial charge on any atom is -0.382 e. The molecule has 0 saturated carbocycles. The third kappa shape index (κ3) is 3.90. The van der Waals surface area contributed by atoms with E-state index in [-0.39, 0.29) is 29.3 Å². The fraction of sp³-hybridized carbons (Fsp3) is 0.438. The number of nitrogens with zero attached hydrogens (tertiary/aromatic N) is 5. The second kappa shape index (κ2) is 7.38. The van der Waals surface area contributed by atoms with Gasteiger partial charge in [-0.2, -0.15) is 9.97 Å². The van der Waals surface area contributed by atoms with Crippen LogP contribution >= 0.6 is 0 Å². The van der Waals surface area contributed by atoms with Gasteiger partial charge in [-0.1, -0.05) is 0 Å². The van der Waals surface area contributed by atoms with E-state index in [4.69, 9.17) is 11.5 Å². The predicted molar refractivity (Wildman–Crippen MR) is 101 cm³/mol. The quantitative estimate of drug-likeness (QED) is 0.616. The lowest BCUT2D eigenvalue weighted by atomic mass is 10.3. The Morgan fingerprint density at radius 2 is 1.65 bits per heavy atom. The molecule has 140 valence electrons. The van der Waals surface area contributed by atoms with E-state index in [9.17, 15) is 9.59 Å². The van der Waals surface area contributed by atoms with Gasteiger partial charge in [-0.3, -0.25) is 14.3 Å². The van der Waals surface area contributed by atoms with Crippen LogP contribution in [0.4, 0.5) is 11.8 Å². The lowest BCUT2D eigenvalue weighted by molar-refractivity contribution is 0.558. The number of imidazole rings is 1. The minimum atomic E-state index is -0.347. The number of rotatable bonds is 2. The Kier molecular flexibility index (Phi) is 5.44. The van der Waals surface area contributed by atoms with E-state index < -0.39 is 0 Å². The highest BCUT2D eigenvalue weighted by molar-refractivity contribution is 5.82. The van der Waals surface area contributed by atoms with Crippen molar-refractivity contribution in [1.29, 1.82) is 0 Å². The largest absolute Gasteiger partial charge is 0.382 e. The highest BCUT2D eigenvalue weighted by Gasteiger charge is 2.11. The van der Waals surface area contributed by atoms with Crippen molar-refractivity contribution in [2.75, 3.05) is 11.5 Å². The van der Waals surface area contributed by atoms with Crippen molar-refractivity contribution in [3.8, 4) is 0 Å². The zero-order chi connectivity index (χ0) is 19.6. The number of hydrogen-bond acceptors (Lipinski definition) is 7. The monoisotopic (exact) mass is 360 g/mol. The Labute approximate surface area is 149 Å². The molecule has 0 aromatic carbocycles. The first-order valence-electron chi connectivity index (χ1n) is 8.19. The lowest BCUT2D eigenvalue weighted by Crippen LogP contribution is -2.31. The summed E-state index contributed by atoms with van der Waals surface area (Å²) in [6.07, 6.45) is 3.27. The summed E-state index contributed by atoms with van der Waals surface area (Å²) in [6, 6.07) is 0.349. The van der Waals surface area contributed by atoms with E-state index in [2.05, 4.69) is 19.9 Å². The number of aryl methyl sites for hydroxylation is 1. The van der Waals surface area contributed by atoms with Crippen LogP contribution in [0.3, 0.4) is 0 Å². The molecule has 0 unspecified atom stereocenters. The van der Waals surface area contributed by atoms with E-state index in [1.165, 1.54) is 4.57 Å². The molecule has 0 saturated heterocycles. The van der Waals surface area contributed by atoms with Crippen LogP contribution in [0.1, 0.15) is 45.3 Å². The Hall–Kier alpha value is -3.17. The Balaban J connectivity index is 0.000000190. The van der Waals surface area contributed by atoms with Crippen LogP contribution in [-0.2, 0) is 0 Å². The summed E-state index contributed by atoms with van der Waals surface area (Å²) in [4.78, 5) is 36.4. The fourth-order valence-electron chi connectivity index (χ4n) is 2.30. The summed E-state index contributed by atoms with van der Waals surface area (Å²) >= 11 is 0. The number of nitrogen functional groups attached to an aromatic ring is 2. The molecular weight excluding hydrogens is 336 g/mol. The number of anilines is 2. The topological polar surface area (TPSA) is 150 Å². The maximum absolute atomic E-state index is 11.1. The van der Waals surface area contributed by atoms with Crippen LogP contribution in [0.2, 0.25) is 0 Å². The third-order valence-corrected chi connectivity index (χ3v) is 3.72. The number of hydrogen-bond donors (Lipinski definition) is 3. The van der Waals surface area contributed by atoms with Crippen LogP contribution in [0.5, 0.6) is 0 Å². The Morgan fingerprint density at radius 1 is 1.04 bits per heavy atom. The smallest absolute Gasteiger partial charge is 0.328 e. The van der Waals surface area contributed by atoms with Gasteiger partial charge in [0.15, 0.2) is 11.5 Å².